The second-order valence-corrected chi connectivity index (χ2v) is 8.23. The molecular weight excluding hydrogens is 738 g/mol. The van der Waals surface area contributed by atoms with Crippen LogP contribution in [0.25, 0.3) is 0 Å². The summed E-state index contributed by atoms with van der Waals surface area (Å²) in [4.78, 5) is 0. The minimum absolute atomic E-state index is 0. The molecule has 0 aromatic rings. The Morgan fingerprint density at radius 1 is 0.349 bits per heavy atom. The van der Waals surface area contributed by atoms with E-state index in [1.54, 1.807) is 0 Å². The fraction of sp³-hybridized carbons (Fsp3) is 1.00. The Morgan fingerprint density at radius 3 is 0.674 bits per heavy atom. The average molecular weight is 738 g/mol. The van der Waals surface area contributed by atoms with Crippen molar-refractivity contribution in [3.05, 3.63) is 0 Å². The third kappa shape index (κ3) is 5.80. The topological polar surface area (TPSA) is 66.4 Å². The molecule has 0 aliphatic carbocycles. The smallest absolute Gasteiger partial charge is 0.725 e. The summed E-state index contributed by atoms with van der Waals surface area (Å²) in [5.74, 6) is -93.9. The summed E-state index contributed by atoms with van der Waals surface area (Å²) in [5, 5.41) is 0. The van der Waals surface area contributed by atoms with Gasteiger partial charge in [0.15, 0.2) is 0 Å². The van der Waals surface area contributed by atoms with Gasteiger partial charge < -0.3 is 4.55 Å². The normalized spacial score (nSPS) is 16.7. The van der Waals surface area contributed by atoms with Gasteiger partial charge in [-0.25, -0.2) is 12.6 Å². The van der Waals surface area contributed by atoms with Gasteiger partial charge in [0.2, 0.25) is 10.4 Å². The molecule has 254 valence electrons. The monoisotopic (exact) mass is 738 g/mol. The molecule has 0 bridgehead atoms. The van der Waals surface area contributed by atoms with Crippen LogP contribution >= 0.6 is 0 Å². The molecule has 0 spiro atoms. The summed E-state index contributed by atoms with van der Waals surface area (Å²) < 4.78 is 358. The fourth-order valence-corrected chi connectivity index (χ4v) is 2.48. The second-order valence-electron chi connectivity index (χ2n) is 7.25. The van der Waals surface area contributed by atoms with E-state index in [0.717, 1.165) is 0 Å². The van der Waals surface area contributed by atoms with Crippen LogP contribution in [0.2, 0.25) is 0 Å². The summed E-state index contributed by atoms with van der Waals surface area (Å²) in [6, 6.07) is 0. The van der Waals surface area contributed by atoms with Gasteiger partial charge in [0.05, 0.1) is 0 Å². The van der Waals surface area contributed by atoms with Gasteiger partial charge in [0.1, 0.15) is 0 Å². The molecule has 0 radical (unpaired) electrons. The Bertz CT molecular complexity index is 1120. The van der Waals surface area contributed by atoms with Crippen LogP contribution < -0.4 is 29.6 Å². The molecule has 0 aliphatic rings. The molecule has 0 N–H and O–H groups in total. The molecule has 0 unspecified atom stereocenters. The summed E-state index contributed by atoms with van der Waals surface area (Å²) >= 11 is 0. The van der Waals surface area contributed by atoms with Gasteiger partial charge in [-0.2, -0.15) is 110 Å². The Morgan fingerprint density at radius 2 is 0.512 bits per heavy atom. The van der Waals surface area contributed by atoms with Crippen molar-refractivity contribution < 1.29 is 156 Å². The summed E-state index contributed by atoms with van der Waals surface area (Å²) in [7, 11) is -7.54. The van der Waals surface area contributed by atoms with Crippen LogP contribution in [0, 0.1) is 0 Å². The molecule has 0 heterocycles. The third-order valence-electron chi connectivity index (χ3n) is 4.48. The van der Waals surface area contributed by atoms with Crippen molar-refractivity contribution in [1.29, 1.82) is 0 Å². The standard InChI is InChI=1S/C12HF25O4S.Na/c13-1(14,3(17,18)5(21,22)7(25,26)9(29,30)11(33,34)35)2(15,16)4(19,20)6(23,24)8(27,28)10(31,32)12(36,37)41-42(38,39)40;/h(H,38,39,40);/q;+1/p-1. The van der Waals surface area contributed by atoms with Crippen molar-refractivity contribution in [1.82, 2.24) is 0 Å². The molecular formula is C12F25NaO4S. The summed E-state index contributed by atoms with van der Waals surface area (Å²) in [6.45, 7) is 0. The summed E-state index contributed by atoms with van der Waals surface area (Å²) in [6.07, 6.45) is -16.3. The van der Waals surface area contributed by atoms with E-state index in [2.05, 4.69) is 0 Å². The van der Waals surface area contributed by atoms with Crippen molar-refractivity contribution in [2.24, 2.45) is 0 Å². The molecule has 0 saturated carbocycles. The predicted molar refractivity (Wildman–Crippen MR) is 71.3 cm³/mol. The van der Waals surface area contributed by atoms with E-state index in [1.807, 2.05) is 0 Å². The second kappa shape index (κ2) is 10.8. The molecule has 43 heavy (non-hydrogen) atoms. The van der Waals surface area contributed by atoms with Crippen LogP contribution in [0.4, 0.5) is 110 Å². The Kier molecular flexibility index (Phi) is 11.2. The van der Waals surface area contributed by atoms with Gasteiger partial charge in [0.25, 0.3) is 0 Å². The van der Waals surface area contributed by atoms with Crippen molar-refractivity contribution in [2.45, 2.75) is 71.5 Å². The van der Waals surface area contributed by atoms with Crippen molar-refractivity contribution >= 4 is 10.4 Å². The number of alkyl halides is 25. The van der Waals surface area contributed by atoms with Crippen LogP contribution in [0.5, 0.6) is 0 Å². The molecule has 0 aromatic heterocycles. The van der Waals surface area contributed by atoms with Crippen molar-refractivity contribution in [3.8, 4) is 0 Å². The van der Waals surface area contributed by atoms with E-state index in [-0.39, 0.29) is 29.6 Å². The zero-order valence-electron chi connectivity index (χ0n) is 18.5. The van der Waals surface area contributed by atoms with Crippen LogP contribution in [-0.4, -0.2) is 84.5 Å². The van der Waals surface area contributed by atoms with Crippen LogP contribution in [0.1, 0.15) is 0 Å². The first-order valence-electron chi connectivity index (χ1n) is 8.35. The summed E-state index contributed by atoms with van der Waals surface area (Å²) in [5.41, 5.74) is 0. The third-order valence-corrected chi connectivity index (χ3v) is 4.89. The van der Waals surface area contributed by atoms with Crippen molar-refractivity contribution in [2.75, 3.05) is 0 Å². The van der Waals surface area contributed by atoms with Gasteiger partial charge in [-0.05, 0) is 0 Å². The molecule has 0 fully saturated rings. The first kappa shape index (κ1) is 44.2. The molecule has 0 aromatic carbocycles. The van der Waals surface area contributed by atoms with Gasteiger partial charge in [-0.1, -0.05) is 0 Å². The fourth-order valence-electron chi connectivity index (χ4n) is 2.12. The molecule has 0 amide bonds. The zero-order valence-corrected chi connectivity index (χ0v) is 21.3. The quantitative estimate of drug-likeness (QED) is 0.132. The first-order chi connectivity index (χ1) is 17.5. The van der Waals surface area contributed by atoms with Gasteiger partial charge in [0, 0.05) is 0 Å². The molecule has 4 nitrogen and oxygen atoms in total. The SMILES string of the molecule is O=S(=O)([O-])OC(F)(F)C(F)(F)C(F)(F)C(F)(F)C(F)(F)C(F)(F)C(F)(F)C(F)(F)C(F)(F)C(F)(F)C(F)(F)C(F)(F)F.[Na+]. The maximum atomic E-state index is 13.5. The number of rotatable bonds is 12. The molecule has 31 heteroatoms. The number of hydrogen-bond acceptors (Lipinski definition) is 4. The van der Waals surface area contributed by atoms with E-state index in [9.17, 15) is 123 Å². The van der Waals surface area contributed by atoms with Crippen LogP contribution in [0.15, 0.2) is 0 Å². The van der Waals surface area contributed by atoms with Crippen molar-refractivity contribution in [3.63, 3.8) is 0 Å². The first-order valence-corrected chi connectivity index (χ1v) is 9.68. The van der Waals surface area contributed by atoms with Gasteiger partial charge in [-0.3, -0.25) is 0 Å². The van der Waals surface area contributed by atoms with E-state index in [1.165, 1.54) is 4.18 Å². The number of hydrogen-bond donors (Lipinski definition) is 0. The minimum Gasteiger partial charge on any atom is -0.725 e. The zero-order chi connectivity index (χ0) is 35.2. The van der Waals surface area contributed by atoms with E-state index < -0.39 is 81.9 Å². The molecule has 0 rings (SSSR count). The average Bonchev–Trinajstić information content (AvgIpc) is 2.69. The Hall–Kier alpha value is -0.880. The van der Waals surface area contributed by atoms with Crippen LogP contribution in [0.3, 0.4) is 0 Å². The number of halogens is 25. The van der Waals surface area contributed by atoms with E-state index >= 15 is 0 Å². The predicted octanol–water partition coefficient (Wildman–Crippen LogP) is 3.98. The van der Waals surface area contributed by atoms with Gasteiger partial charge >= 0.3 is 101 Å². The maximum Gasteiger partial charge on any atom is 1.00 e. The largest absolute Gasteiger partial charge is 1.00 e. The van der Waals surface area contributed by atoms with Crippen LogP contribution in [-0.2, 0) is 14.6 Å². The van der Waals surface area contributed by atoms with E-state index in [4.69, 9.17) is 0 Å². The van der Waals surface area contributed by atoms with E-state index in [0.29, 0.717) is 0 Å². The molecule has 0 aliphatic heterocycles. The Labute approximate surface area is 238 Å². The van der Waals surface area contributed by atoms with Gasteiger partial charge in [-0.15, -0.1) is 0 Å². The molecule has 0 atom stereocenters. The maximum absolute atomic E-state index is 13.5. The Balaban J connectivity index is 0. The molecule has 0 saturated heterocycles. The minimum atomic E-state index is -9.76.